The van der Waals surface area contributed by atoms with Crippen LogP contribution in [-0.4, -0.2) is 8.07 Å². The maximum atomic E-state index is 2.51. The molecule has 5 rings (SSSR count). The molecule has 3 heterocycles. The normalized spacial score (nSPS) is 14.4. The van der Waals surface area contributed by atoms with Crippen molar-refractivity contribution in [3.63, 3.8) is 0 Å². The van der Waals surface area contributed by atoms with Gasteiger partial charge in [0.15, 0.2) is 0 Å². The highest BCUT2D eigenvalue weighted by Crippen LogP contribution is 2.40. The molecule has 33 heavy (non-hydrogen) atoms. The third-order valence-corrected chi connectivity index (χ3v) is 12.6. The van der Waals surface area contributed by atoms with Gasteiger partial charge in [0.05, 0.1) is 0 Å². The Kier molecular flexibility index (Phi) is 5.68. The summed E-state index contributed by atoms with van der Waals surface area (Å²) in [6.45, 7) is 13.7. The molecule has 0 atom stereocenters. The molecule has 0 N–H and O–H groups in total. The lowest BCUT2D eigenvalue weighted by Gasteiger charge is -2.15. The van der Waals surface area contributed by atoms with Crippen LogP contribution in [0.25, 0.3) is 34.1 Å². The Morgan fingerprint density at radius 3 is 1.24 bits per heavy atom. The molecule has 0 saturated carbocycles. The first-order chi connectivity index (χ1) is 15.7. The quantitative estimate of drug-likeness (QED) is 0.257. The molecule has 1 aliphatic heterocycles. The van der Waals surface area contributed by atoms with Gasteiger partial charge in [0, 0.05) is 19.5 Å². The van der Waals surface area contributed by atoms with E-state index in [1.54, 1.807) is 10.4 Å². The predicted octanol–water partition coefficient (Wildman–Crippen LogP) is 8.19. The number of benzene rings is 2. The van der Waals surface area contributed by atoms with E-state index >= 15 is 0 Å². The van der Waals surface area contributed by atoms with E-state index in [-0.39, 0.29) is 0 Å². The molecule has 166 valence electrons. The first-order valence-electron chi connectivity index (χ1n) is 11.5. The lowest BCUT2D eigenvalue weighted by Crippen LogP contribution is -2.48. The van der Waals surface area contributed by atoms with E-state index in [2.05, 4.69) is 114 Å². The van der Waals surface area contributed by atoms with E-state index in [4.69, 9.17) is 0 Å². The van der Waals surface area contributed by atoms with E-state index in [0.717, 1.165) is 0 Å². The highest BCUT2D eigenvalue weighted by Gasteiger charge is 2.40. The van der Waals surface area contributed by atoms with Gasteiger partial charge < -0.3 is 0 Å². The number of fused-ring (bicyclic) bond motifs is 3. The average Bonchev–Trinajstić information content (AvgIpc) is 3.38. The van der Waals surface area contributed by atoms with Crippen molar-refractivity contribution in [1.82, 2.24) is 0 Å². The summed E-state index contributed by atoms with van der Waals surface area (Å²) < 4.78 is 0. The third kappa shape index (κ3) is 4.38. The molecule has 2 aromatic carbocycles. The maximum absolute atomic E-state index is 2.51. The van der Waals surface area contributed by atoms with E-state index in [0.29, 0.717) is 0 Å². The molecule has 0 bridgehead atoms. The zero-order valence-corrected chi connectivity index (χ0v) is 22.9. The summed E-state index contributed by atoms with van der Waals surface area (Å²) in [6.07, 6.45) is 9.14. The van der Waals surface area contributed by atoms with Crippen LogP contribution in [0, 0.1) is 27.7 Å². The fourth-order valence-corrected chi connectivity index (χ4v) is 12.0. The SMILES string of the molecule is Cc1cc(C)cc(/C=C/c2cc3c(s2)-c2sc(/C=C/c4cc(C)cc(C)c4)cc2[Si]3(C)C)c1. The standard InChI is InChI=1S/C30H30S2Si/c1-19-11-20(2)14-23(13-19)7-9-25-17-27-29(31-25)30-28(33(27,5)6)18-26(32-30)10-8-24-15-21(3)12-22(4)16-24/h7-18H,1-6H3/b9-7+,10-8+. The van der Waals surface area contributed by atoms with Crippen molar-refractivity contribution >= 4 is 65.4 Å². The molecule has 0 radical (unpaired) electrons. The Labute approximate surface area is 207 Å². The minimum atomic E-state index is -1.64. The van der Waals surface area contributed by atoms with Gasteiger partial charge in [-0.05, 0) is 73.5 Å². The smallest absolute Gasteiger partial charge is 0.116 e. The van der Waals surface area contributed by atoms with Crippen molar-refractivity contribution in [3.05, 3.63) is 91.7 Å². The number of hydrogen-bond acceptors (Lipinski definition) is 2. The van der Waals surface area contributed by atoms with Gasteiger partial charge in [-0.15, -0.1) is 22.7 Å². The Bertz CT molecular complexity index is 1280. The molecule has 4 aromatic rings. The molecule has 1 aliphatic rings. The first kappa shape index (κ1) is 22.3. The minimum Gasteiger partial charge on any atom is -0.135 e. The number of rotatable bonds is 4. The van der Waals surface area contributed by atoms with Crippen molar-refractivity contribution in [2.75, 3.05) is 0 Å². The predicted molar refractivity (Wildman–Crippen MR) is 154 cm³/mol. The monoisotopic (exact) mass is 482 g/mol. The van der Waals surface area contributed by atoms with Crippen LogP contribution >= 0.6 is 22.7 Å². The highest BCUT2D eigenvalue weighted by atomic mass is 32.1. The van der Waals surface area contributed by atoms with Crippen LogP contribution in [0.5, 0.6) is 0 Å². The second-order valence-electron chi connectivity index (χ2n) is 9.92. The number of aryl methyl sites for hydroxylation is 4. The molecule has 0 aliphatic carbocycles. The van der Waals surface area contributed by atoms with Gasteiger partial charge in [0.1, 0.15) is 8.07 Å². The first-order valence-corrected chi connectivity index (χ1v) is 16.1. The molecule has 0 saturated heterocycles. The van der Waals surface area contributed by atoms with Gasteiger partial charge in [0.2, 0.25) is 0 Å². The fraction of sp³-hybridized carbons (Fsp3) is 0.200. The zero-order valence-electron chi connectivity index (χ0n) is 20.2. The average molecular weight is 483 g/mol. The van der Waals surface area contributed by atoms with Gasteiger partial charge >= 0.3 is 0 Å². The van der Waals surface area contributed by atoms with Gasteiger partial charge in [0.25, 0.3) is 0 Å². The second-order valence-corrected chi connectivity index (χ2v) is 16.4. The van der Waals surface area contributed by atoms with E-state index in [1.165, 1.54) is 52.9 Å². The summed E-state index contributed by atoms with van der Waals surface area (Å²) in [5.41, 5.74) is 7.85. The molecule has 0 unspecified atom stereocenters. The summed E-state index contributed by atoms with van der Waals surface area (Å²) in [5.74, 6) is 0. The van der Waals surface area contributed by atoms with Crippen molar-refractivity contribution in [2.24, 2.45) is 0 Å². The van der Waals surface area contributed by atoms with Crippen molar-refractivity contribution in [3.8, 4) is 9.75 Å². The largest absolute Gasteiger partial charge is 0.135 e. The molecule has 0 nitrogen and oxygen atoms in total. The van der Waals surface area contributed by atoms with Gasteiger partial charge in [-0.25, -0.2) is 0 Å². The lowest BCUT2D eigenvalue weighted by molar-refractivity contribution is 1.37. The molecule has 0 fully saturated rings. The van der Waals surface area contributed by atoms with Crippen LogP contribution in [0.4, 0.5) is 0 Å². The molecule has 0 amide bonds. The van der Waals surface area contributed by atoms with Crippen LogP contribution < -0.4 is 10.4 Å². The molecule has 2 aromatic heterocycles. The van der Waals surface area contributed by atoms with Crippen LogP contribution in [0.15, 0.2) is 48.5 Å². The molecular weight excluding hydrogens is 453 g/mol. The van der Waals surface area contributed by atoms with Gasteiger partial charge in [-0.1, -0.05) is 83.9 Å². The summed E-state index contributed by atoms with van der Waals surface area (Å²) in [6, 6.07) is 18.4. The highest BCUT2D eigenvalue weighted by molar-refractivity contribution is 7.29. The molecule has 3 heteroatoms. The fourth-order valence-electron chi connectivity index (χ4n) is 4.96. The Balaban J connectivity index is 1.45. The van der Waals surface area contributed by atoms with Crippen LogP contribution in [0.2, 0.25) is 13.1 Å². The number of thiophene rings is 2. The van der Waals surface area contributed by atoms with Crippen LogP contribution in [0.1, 0.15) is 43.1 Å². The van der Waals surface area contributed by atoms with Crippen LogP contribution in [-0.2, 0) is 0 Å². The summed E-state index contributed by atoms with van der Waals surface area (Å²) in [7, 11) is -1.64. The Morgan fingerprint density at radius 2 is 0.879 bits per heavy atom. The summed E-state index contributed by atoms with van der Waals surface area (Å²) in [4.78, 5) is 5.76. The van der Waals surface area contributed by atoms with Crippen molar-refractivity contribution in [2.45, 2.75) is 40.8 Å². The van der Waals surface area contributed by atoms with Gasteiger partial charge in [-0.2, -0.15) is 0 Å². The van der Waals surface area contributed by atoms with Crippen molar-refractivity contribution in [1.29, 1.82) is 0 Å². The zero-order chi connectivity index (χ0) is 23.3. The summed E-state index contributed by atoms with van der Waals surface area (Å²) in [5, 5.41) is 3.22. The molecule has 0 spiro atoms. The topological polar surface area (TPSA) is 0 Å². The lowest BCUT2D eigenvalue weighted by atomic mass is 10.1. The second kappa shape index (κ2) is 8.39. The minimum absolute atomic E-state index is 1.29. The summed E-state index contributed by atoms with van der Waals surface area (Å²) >= 11 is 3.92. The Morgan fingerprint density at radius 1 is 0.515 bits per heavy atom. The van der Waals surface area contributed by atoms with E-state index in [1.807, 2.05) is 22.7 Å². The van der Waals surface area contributed by atoms with Crippen molar-refractivity contribution < 1.29 is 0 Å². The van der Waals surface area contributed by atoms with Crippen LogP contribution in [0.3, 0.4) is 0 Å². The third-order valence-electron chi connectivity index (χ3n) is 6.42. The van der Waals surface area contributed by atoms with Gasteiger partial charge in [-0.3, -0.25) is 0 Å². The van der Waals surface area contributed by atoms with E-state index < -0.39 is 8.07 Å². The number of hydrogen-bond donors (Lipinski definition) is 0. The molecular formula is C30H30S2Si. The maximum Gasteiger partial charge on any atom is 0.116 e. The Hall–Kier alpha value is -2.46. The van der Waals surface area contributed by atoms with E-state index in [9.17, 15) is 0 Å².